The Balaban J connectivity index is 2.27. The summed E-state index contributed by atoms with van der Waals surface area (Å²) in [5.41, 5.74) is 2.64. The Bertz CT molecular complexity index is 657. The molecule has 1 aromatic rings. The molecule has 1 aromatic heterocycles. The van der Waals surface area contributed by atoms with Crippen molar-refractivity contribution in [1.82, 2.24) is 10.5 Å². The third kappa shape index (κ3) is 4.09. The monoisotopic (exact) mass is 329 g/mol. The number of nitrogens with one attached hydrogen (secondary N) is 1. The van der Waals surface area contributed by atoms with Crippen molar-refractivity contribution >= 4 is 19.9 Å². The number of aliphatic imine (C=N–C) groups is 1. The molecule has 1 fully saturated rings. The topological polar surface area (TPSA) is 156 Å². The molecule has 0 aliphatic carbocycles. The van der Waals surface area contributed by atoms with Crippen LogP contribution < -0.4 is 15.3 Å². The molecule has 2 heterocycles. The van der Waals surface area contributed by atoms with Crippen LogP contribution >= 0.6 is 7.82 Å². The van der Waals surface area contributed by atoms with Gasteiger partial charge in [0.25, 0.3) is 5.91 Å². The van der Waals surface area contributed by atoms with E-state index in [-0.39, 0.29) is 29.2 Å². The zero-order valence-corrected chi connectivity index (χ0v) is 12.3. The first-order valence-corrected chi connectivity index (χ1v) is 7.53. The van der Waals surface area contributed by atoms with Gasteiger partial charge < -0.3 is 24.0 Å². The number of carbonyl (C=O) groups is 1. The maximum atomic E-state index is 11.3. The Morgan fingerprint density at radius 3 is 3.00 bits per heavy atom. The van der Waals surface area contributed by atoms with Gasteiger partial charge in [-0.2, -0.15) is 0 Å². The zero-order chi connectivity index (χ0) is 16.3. The largest absolute Gasteiger partial charge is 0.790 e. The van der Waals surface area contributed by atoms with Gasteiger partial charge in [0.05, 0.1) is 20.1 Å². The fourth-order valence-electron chi connectivity index (χ4n) is 1.67. The molecule has 0 unspecified atom stereocenters. The molecule has 0 radical (unpaired) electrons. The predicted octanol–water partition coefficient (Wildman–Crippen LogP) is -1.71. The minimum absolute atomic E-state index is 0.0301. The first-order chi connectivity index (χ1) is 10.3. The van der Waals surface area contributed by atoms with Gasteiger partial charge in [-0.3, -0.25) is 19.6 Å². The summed E-state index contributed by atoms with van der Waals surface area (Å²) in [6.07, 6.45) is 2.43. The lowest BCUT2D eigenvalue weighted by molar-refractivity contribution is -0.342. The maximum Gasteiger partial charge on any atom is 0.270 e. The lowest BCUT2D eigenvalue weighted by Crippen LogP contribution is -2.21. The van der Waals surface area contributed by atoms with Crippen molar-refractivity contribution in [3.8, 4) is 5.75 Å². The number of phosphoric ester groups is 1. The number of aromatic nitrogens is 1. The molecule has 0 aromatic carbocycles. The second-order valence-corrected chi connectivity index (χ2v) is 5.58. The van der Waals surface area contributed by atoms with Crippen LogP contribution in [0.15, 0.2) is 11.2 Å². The zero-order valence-electron chi connectivity index (χ0n) is 11.4. The van der Waals surface area contributed by atoms with Crippen LogP contribution in [0.25, 0.3) is 0 Å². The minimum Gasteiger partial charge on any atom is -0.790 e. The highest BCUT2D eigenvalue weighted by molar-refractivity contribution is 7.43. The van der Waals surface area contributed by atoms with E-state index in [0.29, 0.717) is 0 Å². The SMILES string of the molecule is Cc1ncc(COP(=O)([O-])[O-])c(C=N[C@@H]2CONC2=O)c1O. The second-order valence-electron chi connectivity index (χ2n) is 4.42. The molecule has 2 N–H and O–H groups in total. The van der Waals surface area contributed by atoms with E-state index >= 15 is 0 Å². The van der Waals surface area contributed by atoms with Crippen LogP contribution in [0.1, 0.15) is 16.8 Å². The molecular weight excluding hydrogens is 317 g/mol. The van der Waals surface area contributed by atoms with Crippen LogP contribution in [0.2, 0.25) is 0 Å². The van der Waals surface area contributed by atoms with Gasteiger partial charge >= 0.3 is 0 Å². The number of phosphoric acid groups is 1. The highest BCUT2D eigenvalue weighted by Crippen LogP contribution is 2.29. The Hall–Kier alpha value is -1.84. The lowest BCUT2D eigenvalue weighted by Gasteiger charge is -2.28. The first kappa shape index (κ1) is 16.5. The summed E-state index contributed by atoms with van der Waals surface area (Å²) in [7, 11) is -5.17. The Morgan fingerprint density at radius 2 is 2.41 bits per heavy atom. The Labute approximate surface area is 125 Å². The maximum absolute atomic E-state index is 11.3. The predicted molar refractivity (Wildman–Crippen MR) is 68.5 cm³/mol. The molecule has 1 atom stereocenters. The molecule has 1 aliphatic rings. The van der Waals surface area contributed by atoms with Gasteiger partial charge in [-0.05, 0) is 6.92 Å². The summed E-state index contributed by atoms with van der Waals surface area (Å²) in [6, 6.07) is -0.785. The van der Waals surface area contributed by atoms with Crippen LogP contribution in [-0.2, 0) is 25.3 Å². The number of hydrogen-bond donors (Lipinski definition) is 2. The Kier molecular flexibility index (Phi) is 4.89. The van der Waals surface area contributed by atoms with E-state index in [1.54, 1.807) is 0 Å². The molecule has 0 bridgehead atoms. The first-order valence-electron chi connectivity index (χ1n) is 6.07. The van der Waals surface area contributed by atoms with E-state index in [9.17, 15) is 24.3 Å². The molecule has 11 heteroatoms. The summed E-state index contributed by atoms with van der Waals surface area (Å²) in [4.78, 5) is 44.9. The highest BCUT2D eigenvalue weighted by atomic mass is 31.2. The van der Waals surface area contributed by atoms with Crippen LogP contribution in [0, 0.1) is 6.92 Å². The molecule has 1 aliphatic heterocycles. The molecule has 10 nitrogen and oxygen atoms in total. The number of hydroxylamine groups is 1. The van der Waals surface area contributed by atoms with Crippen molar-refractivity contribution in [2.45, 2.75) is 19.6 Å². The summed E-state index contributed by atoms with van der Waals surface area (Å²) in [5, 5.41) is 9.98. The molecule has 0 spiro atoms. The number of pyridine rings is 1. The average Bonchev–Trinajstić information content (AvgIpc) is 2.83. The number of carbonyl (C=O) groups excluding carboxylic acids is 1. The second kappa shape index (κ2) is 6.51. The van der Waals surface area contributed by atoms with E-state index < -0.39 is 26.4 Å². The van der Waals surface area contributed by atoms with E-state index in [1.165, 1.54) is 19.3 Å². The lowest BCUT2D eigenvalue weighted by atomic mass is 10.1. The van der Waals surface area contributed by atoms with Gasteiger partial charge in [0.1, 0.15) is 12.4 Å². The minimum atomic E-state index is -5.17. The normalized spacial score (nSPS) is 18.9. The van der Waals surface area contributed by atoms with Gasteiger partial charge in [-0.15, -0.1) is 0 Å². The van der Waals surface area contributed by atoms with Crippen molar-refractivity contribution in [3.05, 3.63) is 23.0 Å². The fraction of sp³-hybridized carbons (Fsp3) is 0.364. The third-order valence-electron chi connectivity index (χ3n) is 2.84. The van der Waals surface area contributed by atoms with E-state index in [4.69, 9.17) is 4.84 Å². The van der Waals surface area contributed by atoms with Crippen LogP contribution in [0.4, 0.5) is 0 Å². The quantitative estimate of drug-likeness (QED) is 0.477. The molecule has 120 valence electrons. The van der Waals surface area contributed by atoms with Gasteiger partial charge in [0.15, 0.2) is 6.04 Å². The highest BCUT2D eigenvalue weighted by Gasteiger charge is 2.24. The van der Waals surface area contributed by atoms with Gasteiger partial charge in [-0.1, -0.05) is 0 Å². The molecule has 2 rings (SSSR count). The van der Waals surface area contributed by atoms with E-state index in [2.05, 4.69) is 20.0 Å². The van der Waals surface area contributed by atoms with Crippen molar-refractivity contribution in [2.75, 3.05) is 6.61 Å². The molecular formula is C11H12N3O7P-2. The summed E-state index contributed by atoms with van der Waals surface area (Å²) >= 11 is 0. The summed E-state index contributed by atoms with van der Waals surface area (Å²) < 4.78 is 14.7. The van der Waals surface area contributed by atoms with E-state index in [1.807, 2.05) is 0 Å². The van der Waals surface area contributed by atoms with Crippen molar-refractivity contribution in [1.29, 1.82) is 0 Å². The summed E-state index contributed by atoms with van der Waals surface area (Å²) in [6.45, 7) is 0.955. The smallest absolute Gasteiger partial charge is 0.270 e. The van der Waals surface area contributed by atoms with Crippen molar-refractivity contribution in [3.63, 3.8) is 0 Å². The van der Waals surface area contributed by atoms with Crippen LogP contribution in [-0.4, -0.2) is 34.9 Å². The van der Waals surface area contributed by atoms with Gasteiger partial charge in [0.2, 0.25) is 0 Å². The number of amides is 1. The standard InChI is InChI=1S/C11H14N3O7P/c1-6-10(15)8(3-13-9-5-20-14-11(9)16)7(2-12-6)4-21-22(17,18)19/h2-3,9,15H,4-5H2,1H3,(H,14,16)(H2,17,18,19)/p-2/t9-/m1/s1. The van der Waals surface area contributed by atoms with E-state index in [0.717, 1.165) is 0 Å². The molecule has 0 saturated carbocycles. The van der Waals surface area contributed by atoms with Crippen molar-refractivity contribution in [2.24, 2.45) is 4.99 Å². The number of aromatic hydroxyl groups is 1. The molecule has 22 heavy (non-hydrogen) atoms. The fourth-order valence-corrected chi connectivity index (χ4v) is 1.97. The molecule has 1 amide bonds. The average molecular weight is 329 g/mol. The van der Waals surface area contributed by atoms with Gasteiger partial charge in [-0.25, -0.2) is 5.48 Å². The van der Waals surface area contributed by atoms with Crippen LogP contribution in [0.3, 0.4) is 0 Å². The van der Waals surface area contributed by atoms with Gasteiger partial charge in [0, 0.05) is 23.5 Å². The number of aryl methyl sites for hydroxylation is 1. The van der Waals surface area contributed by atoms with Crippen LogP contribution in [0.5, 0.6) is 5.75 Å². The Morgan fingerprint density at radius 1 is 1.68 bits per heavy atom. The molecule has 1 saturated heterocycles. The van der Waals surface area contributed by atoms with Crippen molar-refractivity contribution < 1.29 is 33.6 Å². The number of hydrogen-bond acceptors (Lipinski definition) is 9. The third-order valence-corrected chi connectivity index (χ3v) is 3.28. The summed E-state index contributed by atoms with van der Waals surface area (Å²) in [5.74, 6) is -0.696. The number of nitrogens with zero attached hydrogens (tertiary/aromatic N) is 2. The number of rotatable bonds is 5.